The molecule has 1 N–H and O–H groups in total. The molecule has 184 valence electrons. The monoisotopic (exact) mass is 469 g/mol. The minimum absolute atomic E-state index is 0.0784. The summed E-state index contributed by atoms with van der Waals surface area (Å²) in [5, 5.41) is 11.1. The maximum Gasteiger partial charge on any atom is 0.125 e. The molecule has 2 heterocycles. The molecule has 3 atom stereocenters. The van der Waals surface area contributed by atoms with Gasteiger partial charge in [-0.1, -0.05) is 13.8 Å². The van der Waals surface area contributed by atoms with Crippen molar-refractivity contribution < 1.29 is 14.2 Å². The predicted octanol–water partition coefficient (Wildman–Crippen LogP) is 4.26. The van der Waals surface area contributed by atoms with Crippen molar-refractivity contribution >= 4 is 0 Å². The number of hydrogen-bond donors (Lipinski definition) is 1. The van der Waals surface area contributed by atoms with Crippen LogP contribution in [0.5, 0.6) is 5.75 Å². The van der Waals surface area contributed by atoms with Gasteiger partial charge in [0, 0.05) is 50.3 Å². The Balaban J connectivity index is 1.46. The van der Waals surface area contributed by atoms with Crippen molar-refractivity contribution in [2.45, 2.75) is 77.9 Å². The quantitative estimate of drug-likeness (QED) is 0.429. The Morgan fingerprint density at radius 1 is 0.971 bits per heavy atom. The molecule has 0 amide bonds. The Bertz CT molecular complexity index is 972. The van der Waals surface area contributed by atoms with E-state index in [4.69, 9.17) is 4.74 Å². The molecule has 1 fully saturated rings. The number of benzene rings is 1. The highest BCUT2D eigenvalue weighted by Gasteiger charge is 2.37. The maximum atomic E-state index is 13.2. The molecule has 1 saturated carbocycles. The first-order chi connectivity index (χ1) is 16.6. The molecular formula is C26H36FN5O2. The molecule has 2 aromatic heterocycles. The van der Waals surface area contributed by atoms with Gasteiger partial charge in [-0.15, -0.1) is 0 Å². The largest absolute Gasteiger partial charge is 0.488 e. The highest BCUT2D eigenvalue weighted by Crippen LogP contribution is 2.31. The molecule has 0 aliphatic heterocycles. The zero-order chi connectivity index (χ0) is 23.9. The van der Waals surface area contributed by atoms with Crippen LogP contribution in [0.3, 0.4) is 0 Å². The van der Waals surface area contributed by atoms with Crippen LogP contribution in [0.1, 0.15) is 51.2 Å². The van der Waals surface area contributed by atoms with Crippen molar-refractivity contribution in [3.63, 3.8) is 0 Å². The van der Waals surface area contributed by atoms with E-state index in [-0.39, 0.29) is 17.8 Å². The van der Waals surface area contributed by atoms with Gasteiger partial charge in [0.15, 0.2) is 0 Å². The molecule has 0 unspecified atom stereocenters. The molecule has 1 aliphatic rings. The van der Waals surface area contributed by atoms with E-state index in [2.05, 4.69) is 37.8 Å². The average Bonchev–Trinajstić information content (AvgIpc) is 3.54. The summed E-state index contributed by atoms with van der Waals surface area (Å²) in [6.07, 6.45) is 10.7. The van der Waals surface area contributed by atoms with Gasteiger partial charge < -0.3 is 19.0 Å². The first-order valence-electron chi connectivity index (χ1n) is 12.4. The summed E-state index contributed by atoms with van der Waals surface area (Å²) in [6, 6.07) is 5.99. The Kier molecular flexibility index (Phi) is 8.34. The van der Waals surface area contributed by atoms with Crippen LogP contribution < -0.4 is 4.74 Å². The summed E-state index contributed by atoms with van der Waals surface area (Å²) in [6.45, 7) is 8.32. The zero-order valence-corrected chi connectivity index (χ0v) is 20.2. The molecule has 1 aliphatic carbocycles. The Morgan fingerprint density at radius 3 is 2.12 bits per heavy atom. The van der Waals surface area contributed by atoms with Crippen molar-refractivity contribution in [1.82, 2.24) is 24.0 Å². The van der Waals surface area contributed by atoms with Crippen LogP contribution in [0.4, 0.5) is 4.39 Å². The van der Waals surface area contributed by atoms with E-state index in [0.717, 1.165) is 57.0 Å². The van der Waals surface area contributed by atoms with Crippen LogP contribution >= 0.6 is 0 Å². The van der Waals surface area contributed by atoms with Gasteiger partial charge in [0.1, 0.15) is 29.3 Å². The first-order valence-corrected chi connectivity index (χ1v) is 12.4. The molecule has 4 rings (SSSR count). The van der Waals surface area contributed by atoms with Gasteiger partial charge in [-0.05, 0) is 49.9 Å². The SMILES string of the molecule is CCCn1ccnc1CN(Cc1nccn1CCC)C[C@H]1CC[C@@H](Oc2ccc(F)cc2)[C@@H]1O. The number of aryl methyl sites for hydroxylation is 2. The van der Waals surface area contributed by atoms with Crippen molar-refractivity contribution in [3.8, 4) is 5.75 Å². The lowest BCUT2D eigenvalue weighted by Gasteiger charge is -2.28. The lowest BCUT2D eigenvalue weighted by Crippen LogP contribution is -2.37. The van der Waals surface area contributed by atoms with Crippen molar-refractivity contribution in [2.24, 2.45) is 5.92 Å². The van der Waals surface area contributed by atoms with Gasteiger partial charge in [-0.2, -0.15) is 0 Å². The Hall–Kier alpha value is -2.71. The molecule has 0 spiro atoms. The van der Waals surface area contributed by atoms with Crippen molar-refractivity contribution in [3.05, 3.63) is 66.5 Å². The molecular weight excluding hydrogens is 433 g/mol. The number of aromatic nitrogens is 4. The van der Waals surface area contributed by atoms with Crippen LogP contribution in [-0.4, -0.2) is 47.9 Å². The molecule has 34 heavy (non-hydrogen) atoms. The summed E-state index contributed by atoms with van der Waals surface area (Å²) >= 11 is 0. The third kappa shape index (κ3) is 6.04. The van der Waals surface area contributed by atoms with Gasteiger partial charge in [0.2, 0.25) is 0 Å². The van der Waals surface area contributed by atoms with E-state index in [0.29, 0.717) is 18.8 Å². The van der Waals surface area contributed by atoms with Crippen LogP contribution in [-0.2, 0) is 26.2 Å². The standard InChI is InChI=1S/C26H36FN5O2/c1-3-13-31-15-11-28-24(31)18-30(19-25-29-12-16-32(25)14-4-2)17-20-5-10-23(26(20)33)34-22-8-6-21(27)7-9-22/h6-9,11-12,15-16,20,23,26,33H,3-5,10,13-14,17-19H2,1-2H3/t20-,23-,26-/m1/s1. The predicted molar refractivity (Wildman–Crippen MR) is 129 cm³/mol. The topological polar surface area (TPSA) is 68.3 Å². The van der Waals surface area contributed by atoms with E-state index in [1.807, 2.05) is 24.8 Å². The second kappa shape index (κ2) is 11.6. The van der Waals surface area contributed by atoms with E-state index in [9.17, 15) is 9.50 Å². The van der Waals surface area contributed by atoms with Gasteiger partial charge in [-0.25, -0.2) is 14.4 Å². The summed E-state index contributed by atoms with van der Waals surface area (Å²) in [4.78, 5) is 11.6. The number of aliphatic hydroxyl groups is 1. The molecule has 0 radical (unpaired) electrons. The van der Waals surface area contributed by atoms with E-state index >= 15 is 0 Å². The summed E-state index contributed by atoms with van der Waals surface area (Å²) in [5.74, 6) is 2.43. The van der Waals surface area contributed by atoms with Crippen LogP contribution in [0, 0.1) is 11.7 Å². The number of nitrogens with zero attached hydrogens (tertiary/aromatic N) is 5. The molecule has 3 aromatic rings. The number of hydrogen-bond acceptors (Lipinski definition) is 5. The van der Waals surface area contributed by atoms with Gasteiger partial charge in [0.25, 0.3) is 0 Å². The van der Waals surface area contributed by atoms with Crippen LogP contribution in [0.2, 0.25) is 0 Å². The average molecular weight is 470 g/mol. The molecule has 7 nitrogen and oxygen atoms in total. The molecule has 8 heteroatoms. The highest BCUT2D eigenvalue weighted by molar-refractivity contribution is 5.22. The smallest absolute Gasteiger partial charge is 0.125 e. The fourth-order valence-electron chi connectivity index (χ4n) is 4.83. The number of imidazole rings is 2. The molecule has 0 bridgehead atoms. The van der Waals surface area contributed by atoms with Crippen LogP contribution in [0.15, 0.2) is 49.1 Å². The summed E-state index contributed by atoms with van der Waals surface area (Å²) in [5.41, 5.74) is 0. The Morgan fingerprint density at radius 2 is 1.56 bits per heavy atom. The third-order valence-corrected chi connectivity index (χ3v) is 6.54. The third-order valence-electron chi connectivity index (χ3n) is 6.54. The number of ether oxygens (including phenoxy) is 1. The summed E-state index contributed by atoms with van der Waals surface area (Å²) in [7, 11) is 0. The lowest BCUT2D eigenvalue weighted by atomic mass is 10.0. The summed E-state index contributed by atoms with van der Waals surface area (Å²) < 4.78 is 23.6. The fourth-order valence-corrected chi connectivity index (χ4v) is 4.83. The van der Waals surface area contributed by atoms with E-state index in [1.54, 1.807) is 12.1 Å². The number of aliphatic hydroxyl groups excluding tert-OH is 1. The van der Waals surface area contributed by atoms with Crippen molar-refractivity contribution in [1.29, 1.82) is 0 Å². The Labute approximate surface area is 201 Å². The van der Waals surface area contributed by atoms with Gasteiger partial charge >= 0.3 is 0 Å². The van der Waals surface area contributed by atoms with Gasteiger partial charge in [-0.3, -0.25) is 4.90 Å². The normalized spacial score (nSPS) is 20.3. The van der Waals surface area contributed by atoms with Crippen LogP contribution in [0.25, 0.3) is 0 Å². The second-order valence-electron chi connectivity index (χ2n) is 9.18. The zero-order valence-electron chi connectivity index (χ0n) is 20.2. The maximum absolute atomic E-state index is 13.2. The first kappa shape index (κ1) is 24.4. The molecule has 0 saturated heterocycles. The van der Waals surface area contributed by atoms with Gasteiger partial charge in [0.05, 0.1) is 19.2 Å². The second-order valence-corrected chi connectivity index (χ2v) is 9.18. The highest BCUT2D eigenvalue weighted by atomic mass is 19.1. The molecule has 1 aromatic carbocycles. The number of halogens is 1. The minimum Gasteiger partial charge on any atom is -0.488 e. The number of rotatable bonds is 12. The van der Waals surface area contributed by atoms with E-state index in [1.165, 1.54) is 12.1 Å². The van der Waals surface area contributed by atoms with Crippen molar-refractivity contribution in [2.75, 3.05) is 6.54 Å². The fraction of sp³-hybridized carbons (Fsp3) is 0.538. The lowest BCUT2D eigenvalue weighted by molar-refractivity contribution is 0.0222. The minimum atomic E-state index is -0.585. The van der Waals surface area contributed by atoms with E-state index < -0.39 is 6.10 Å².